The fourth-order valence-corrected chi connectivity index (χ4v) is 3.63. The van der Waals surface area contributed by atoms with Gasteiger partial charge in [0.2, 0.25) is 10.0 Å². The van der Waals surface area contributed by atoms with E-state index in [0.717, 1.165) is 11.3 Å². The van der Waals surface area contributed by atoms with Crippen molar-refractivity contribution in [3.05, 3.63) is 47.3 Å². The first kappa shape index (κ1) is 14.0. The van der Waals surface area contributed by atoms with Gasteiger partial charge in [-0.3, -0.25) is 0 Å². The quantitative estimate of drug-likeness (QED) is 0.891. The van der Waals surface area contributed by atoms with Gasteiger partial charge in [-0.2, -0.15) is 0 Å². The molecular weight excluding hydrogens is 282 g/mol. The summed E-state index contributed by atoms with van der Waals surface area (Å²) in [5, 5.41) is 1.74. The van der Waals surface area contributed by atoms with Gasteiger partial charge in [-0.25, -0.2) is 13.1 Å². The van der Waals surface area contributed by atoms with Crippen LogP contribution in [-0.4, -0.2) is 15.0 Å². The molecule has 2 aromatic rings. The zero-order valence-electron chi connectivity index (χ0n) is 10.5. The molecule has 0 aliphatic rings. The normalized spacial score (nSPS) is 11.4. The molecule has 0 saturated heterocycles. The molecule has 1 heterocycles. The third-order valence-corrected chi connectivity index (χ3v) is 5.23. The van der Waals surface area contributed by atoms with E-state index in [1.807, 2.05) is 31.2 Å². The van der Waals surface area contributed by atoms with Crippen molar-refractivity contribution < 1.29 is 13.2 Å². The SMILES string of the molecule is CCOc1cccc(CNS(=O)(=O)c2cccs2)c1. The molecule has 4 nitrogen and oxygen atoms in total. The smallest absolute Gasteiger partial charge is 0.250 e. The van der Waals surface area contributed by atoms with Crippen LogP contribution in [0.15, 0.2) is 46.0 Å². The Bertz CT molecular complexity index is 621. The number of hydrogen-bond donors (Lipinski definition) is 1. The van der Waals surface area contributed by atoms with Crippen LogP contribution in [0.1, 0.15) is 12.5 Å². The first-order valence-corrected chi connectivity index (χ1v) is 8.23. The van der Waals surface area contributed by atoms with Crippen molar-refractivity contribution in [2.45, 2.75) is 17.7 Å². The lowest BCUT2D eigenvalue weighted by atomic mass is 10.2. The zero-order chi connectivity index (χ0) is 13.7. The Morgan fingerprint density at radius 3 is 2.79 bits per heavy atom. The fourth-order valence-electron chi connectivity index (χ4n) is 1.58. The topological polar surface area (TPSA) is 55.4 Å². The van der Waals surface area contributed by atoms with Crippen LogP contribution in [0.3, 0.4) is 0 Å². The van der Waals surface area contributed by atoms with Gasteiger partial charge in [-0.15, -0.1) is 11.3 Å². The van der Waals surface area contributed by atoms with Crippen LogP contribution < -0.4 is 9.46 Å². The predicted molar refractivity (Wildman–Crippen MR) is 76.0 cm³/mol. The molecule has 0 bridgehead atoms. The maximum absolute atomic E-state index is 11.9. The van der Waals surface area contributed by atoms with Crippen LogP contribution in [0.5, 0.6) is 5.75 Å². The lowest BCUT2D eigenvalue weighted by Gasteiger charge is -2.07. The minimum absolute atomic E-state index is 0.251. The number of nitrogens with one attached hydrogen (secondary N) is 1. The molecule has 0 spiro atoms. The van der Waals surface area contributed by atoms with Crippen LogP contribution in [0, 0.1) is 0 Å². The van der Waals surface area contributed by atoms with Crippen molar-refractivity contribution in [2.75, 3.05) is 6.61 Å². The Morgan fingerprint density at radius 1 is 1.26 bits per heavy atom. The molecule has 1 aromatic heterocycles. The summed E-state index contributed by atoms with van der Waals surface area (Å²) in [7, 11) is -3.41. The van der Waals surface area contributed by atoms with Gasteiger partial charge in [0.05, 0.1) is 6.61 Å². The highest BCUT2D eigenvalue weighted by Crippen LogP contribution is 2.17. The summed E-state index contributed by atoms with van der Waals surface area (Å²) in [5.41, 5.74) is 0.867. The van der Waals surface area contributed by atoms with Crippen molar-refractivity contribution >= 4 is 21.4 Å². The Morgan fingerprint density at radius 2 is 2.11 bits per heavy atom. The number of hydrogen-bond acceptors (Lipinski definition) is 4. The van der Waals surface area contributed by atoms with Crippen molar-refractivity contribution in [2.24, 2.45) is 0 Å². The van der Waals surface area contributed by atoms with Crippen LogP contribution in [0.4, 0.5) is 0 Å². The van der Waals surface area contributed by atoms with Crippen LogP contribution in [0.2, 0.25) is 0 Å². The van der Waals surface area contributed by atoms with E-state index in [1.54, 1.807) is 17.5 Å². The summed E-state index contributed by atoms with van der Waals surface area (Å²) < 4.78 is 32.2. The largest absolute Gasteiger partial charge is 0.494 e. The number of rotatable bonds is 6. The van der Waals surface area contributed by atoms with Gasteiger partial charge in [0.25, 0.3) is 0 Å². The molecule has 102 valence electrons. The lowest BCUT2D eigenvalue weighted by molar-refractivity contribution is 0.340. The van der Waals surface area contributed by atoms with E-state index in [0.29, 0.717) is 10.8 Å². The number of sulfonamides is 1. The fraction of sp³-hybridized carbons (Fsp3) is 0.231. The highest BCUT2D eigenvalue weighted by molar-refractivity contribution is 7.91. The average molecular weight is 297 g/mol. The Labute approximate surface area is 117 Å². The van der Waals surface area contributed by atoms with Gasteiger partial charge < -0.3 is 4.74 Å². The van der Waals surface area contributed by atoms with E-state index >= 15 is 0 Å². The molecule has 1 N–H and O–H groups in total. The molecule has 6 heteroatoms. The Hall–Kier alpha value is -1.37. The summed E-state index contributed by atoms with van der Waals surface area (Å²) in [6.07, 6.45) is 0. The van der Waals surface area contributed by atoms with Crippen molar-refractivity contribution in [1.82, 2.24) is 4.72 Å². The second-order valence-electron chi connectivity index (χ2n) is 3.84. The Kier molecular flexibility index (Phi) is 4.57. The minimum Gasteiger partial charge on any atom is -0.494 e. The maximum Gasteiger partial charge on any atom is 0.250 e. The second-order valence-corrected chi connectivity index (χ2v) is 6.78. The van der Waals surface area contributed by atoms with Gasteiger partial charge >= 0.3 is 0 Å². The number of ether oxygens (including phenoxy) is 1. The third-order valence-electron chi connectivity index (χ3n) is 2.44. The van der Waals surface area contributed by atoms with E-state index in [1.165, 1.54) is 11.3 Å². The van der Waals surface area contributed by atoms with Crippen LogP contribution in [0.25, 0.3) is 0 Å². The van der Waals surface area contributed by atoms with Gasteiger partial charge in [0.15, 0.2) is 0 Å². The molecule has 0 atom stereocenters. The summed E-state index contributed by atoms with van der Waals surface area (Å²) in [5.74, 6) is 0.746. The molecule has 0 amide bonds. The highest BCUT2D eigenvalue weighted by Gasteiger charge is 2.14. The van der Waals surface area contributed by atoms with Gasteiger partial charge in [0, 0.05) is 6.54 Å². The van der Waals surface area contributed by atoms with Crippen LogP contribution >= 0.6 is 11.3 Å². The minimum atomic E-state index is -3.41. The van der Waals surface area contributed by atoms with Gasteiger partial charge in [-0.05, 0) is 36.1 Å². The first-order valence-electron chi connectivity index (χ1n) is 5.87. The van der Waals surface area contributed by atoms with Gasteiger partial charge in [0.1, 0.15) is 9.96 Å². The standard InChI is InChI=1S/C13H15NO3S2/c1-2-17-12-6-3-5-11(9-12)10-14-19(15,16)13-7-4-8-18-13/h3-9,14H,2,10H2,1H3. The molecule has 19 heavy (non-hydrogen) atoms. The van der Waals surface area contributed by atoms with Crippen molar-refractivity contribution in [3.8, 4) is 5.75 Å². The van der Waals surface area contributed by atoms with Crippen molar-refractivity contribution in [3.63, 3.8) is 0 Å². The number of benzene rings is 1. The van der Waals surface area contributed by atoms with E-state index in [-0.39, 0.29) is 6.54 Å². The van der Waals surface area contributed by atoms with E-state index in [2.05, 4.69) is 4.72 Å². The average Bonchev–Trinajstić information content (AvgIpc) is 2.92. The number of thiophene rings is 1. The molecule has 0 fully saturated rings. The highest BCUT2D eigenvalue weighted by atomic mass is 32.2. The predicted octanol–water partition coefficient (Wildman–Crippen LogP) is 2.63. The molecule has 2 rings (SSSR count). The van der Waals surface area contributed by atoms with Crippen molar-refractivity contribution in [1.29, 1.82) is 0 Å². The molecule has 0 unspecified atom stereocenters. The molecule has 0 radical (unpaired) electrons. The second kappa shape index (κ2) is 6.18. The Balaban J connectivity index is 2.05. The first-order chi connectivity index (χ1) is 9.12. The van der Waals surface area contributed by atoms with E-state index in [9.17, 15) is 8.42 Å². The summed E-state index contributed by atoms with van der Waals surface area (Å²) in [6, 6.07) is 10.7. The zero-order valence-corrected chi connectivity index (χ0v) is 12.1. The molecule has 1 aromatic carbocycles. The lowest BCUT2D eigenvalue weighted by Crippen LogP contribution is -2.22. The van der Waals surface area contributed by atoms with E-state index in [4.69, 9.17) is 4.74 Å². The molecule has 0 saturated carbocycles. The third kappa shape index (κ3) is 3.79. The molecule has 0 aliphatic carbocycles. The van der Waals surface area contributed by atoms with Crippen LogP contribution in [-0.2, 0) is 16.6 Å². The monoisotopic (exact) mass is 297 g/mol. The maximum atomic E-state index is 11.9. The molecular formula is C13H15NO3S2. The summed E-state index contributed by atoms with van der Waals surface area (Å²) in [4.78, 5) is 0. The summed E-state index contributed by atoms with van der Waals surface area (Å²) in [6.45, 7) is 2.75. The van der Waals surface area contributed by atoms with E-state index < -0.39 is 10.0 Å². The molecule has 0 aliphatic heterocycles. The van der Waals surface area contributed by atoms with Gasteiger partial charge in [-0.1, -0.05) is 18.2 Å². The summed E-state index contributed by atoms with van der Waals surface area (Å²) >= 11 is 1.20.